The second-order valence-corrected chi connectivity index (χ2v) is 5.53. The van der Waals surface area contributed by atoms with Crippen molar-refractivity contribution in [2.75, 3.05) is 17.8 Å². The highest BCUT2D eigenvalue weighted by Gasteiger charge is 2.01. The Morgan fingerprint density at radius 2 is 2.33 bits per heavy atom. The van der Waals surface area contributed by atoms with Gasteiger partial charge in [0.2, 0.25) is 5.13 Å². The molecule has 0 unspecified atom stereocenters. The van der Waals surface area contributed by atoms with E-state index in [9.17, 15) is 0 Å². The molecule has 0 aliphatic carbocycles. The van der Waals surface area contributed by atoms with Crippen molar-refractivity contribution in [1.82, 2.24) is 4.98 Å². The third kappa shape index (κ3) is 4.75. The van der Waals surface area contributed by atoms with Gasteiger partial charge in [-0.25, -0.2) is 4.98 Å². The smallest absolute Gasteiger partial charge is 0.205 e. The molecule has 0 atom stereocenters. The van der Waals surface area contributed by atoms with Crippen LogP contribution in [0.25, 0.3) is 0 Å². The number of nitrogens with zero attached hydrogens (tertiary/aromatic N) is 2. The van der Waals surface area contributed by atoms with Crippen LogP contribution in [0.4, 0.5) is 10.9 Å². The maximum Gasteiger partial charge on any atom is 0.205 e. The van der Waals surface area contributed by atoms with Crippen LogP contribution in [0.2, 0.25) is 0 Å². The van der Waals surface area contributed by atoms with E-state index in [1.165, 1.54) is 11.3 Å². The Morgan fingerprint density at radius 1 is 1.48 bits per heavy atom. The molecule has 0 radical (unpaired) electrons. The summed E-state index contributed by atoms with van der Waals surface area (Å²) in [6, 6.07) is 6.03. The van der Waals surface area contributed by atoms with Crippen LogP contribution in [-0.4, -0.2) is 17.8 Å². The molecule has 21 heavy (non-hydrogen) atoms. The lowest BCUT2D eigenvalue weighted by atomic mass is 10.1. The van der Waals surface area contributed by atoms with Crippen molar-refractivity contribution in [1.29, 1.82) is 0 Å². The molecule has 3 N–H and O–H groups in total. The van der Waals surface area contributed by atoms with E-state index in [-0.39, 0.29) is 0 Å². The van der Waals surface area contributed by atoms with Crippen LogP contribution in [-0.2, 0) is 0 Å². The Kier molecular flexibility index (Phi) is 5.57. The second kappa shape index (κ2) is 7.64. The van der Waals surface area contributed by atoms with Gasteiger partial charge < -0.3 is 10.5 Å². The van der Waals surface area contributed by atoms with Crippen LogP contribution in [0, 0.1) is 6.92 Å². The number of unbranched alkanes of at least 4 members (excludes halogenated alkanes) is 1. The maximum atomic E-state index is 5.78. The molecule has 0 aliphatic heterocycles. The lowest BCUT2D eigenvalue weighted by Gasteiger charge is -2.09. The zero-order chi connectivity index (χ0) is 15.1. The van der Waals surface area contributed by atoms with E-state index in [0.29, 0.717) is 10.9 Å². The normalized spacial score (nSPS) is 11.0. The van der Waals surface area contributed by atoms with Crippen LogP contribution in [0.5, 0.6) is 5.75 Å². The van der Waals surface area contributed by atoms with Crippen molar-refractivity contribution in [2.24, 2.45) is 5.10 Å². The number of ether oxygens (including phenoxy) is 1. The highest BCUT2D eigenvalue weighted by Crippen LogP contribution is 2.19. The molecule has 0 aliphatic rings. The van der Waals surface area contributed by atoms with Gasteiger partial charge in [0.25, 0.3) is 0 Å². The van der Waals surface area contributed by atoms with Gasteiger partial charge in [-0.15, -0.1) is 11.3 Å². The minimum absolute atomic E-state index is 0.500. The largest absolute Gasteiger partial charge is 0.493 e. The first-order chi connectivity index (χ1) is 10.2. The lowest BCUT2D eigenvalue weighted by Crippen LogP contribution is -1.99. The van der Waals surface area contributed by atoms with Gasteiger partial charge >= 0.3 is 0 Å². The molecular formula is C15H20N4OS. The first-order valence-corrected chi connectivity index (χ1v) is 7.80. The molecule has 5 nitrogen and oxygen atoms in total. The maximum absolute atomic E-state index is 5.78. The summed E-state index contributed by atoms with van der Waals surface area (Å²) in [4.78, 5) is 4.07. The molecule has 1 aromatic heterocycles. The van der Waals surface area contributed by atoms with Crippen LogP contribution in [0.15, 0.2) is 28.7 Å². The van der Waals surface area contributed by atoms with Crippen molar-refractivity contribution in [3.8, 4) is 5.75 Å². The minimum Gasteiger partial charge on any atom is -0.493 e. The summed E-state index contributed by atoms with van der Waals surface area (Å²) >= 11 is 1.42. The number of nitrogens with two attached hydrogens (primary N) is 1. The van der Waals surface area contributed by atoms with Crippen molar-refractivity contribution in [3.63, 3.8) is 0 Å². The van der Waals surface area contributed by atoms with E-state index in [1.807, 2.05) is 25.1 Å². The number of rotatable bonds is 7. The predicted octanol–water partition coefficient (Wildman–Crippen LogP) is 3.66. The Bertz CT molecular complexity index is 609. The number of nitrogen functional groups attached to an aromatic ring is 1. The number of anilines is 2. The molecular weight excluding hydrogens is 284 g/mol. The summed E-state index contributed by atoms with van der Waals surface area (Å²) in [7, 11) is 0. The molecule has 0 amide bonds. The summed E-state index contributed by atoms with van der Waals surface area (Å²) in [6.45, 7) is 4.93. The highest BCUT2D eigenvalue weighted by atomic mass is 32.1. The van der Waals surface area contributed by atoms with Gasteiger partial charge in [-0.2, -0.15) is 5.10 Å². The van der Waals surface area contributed by atoms with Crippen LogP contribution in [0.3, 0.4) is 0 Å². The number of hydrogen-bond acceptors (Lipinski definition) is 6. The van der Waals surface area contributed by atoms with Gasteiger partial charge in [0.15, 0.2) is 0 Å². The van der Waals surface area contributed by atoms with E-state index in [2.05, 4.69) is 22.4 Å². The Balaban J connectivity index is 1.97. The molecule has 0 bridgehead atoms. The third-order valence-electron chi connectivity index (χ3n) is 2.86. The zero-order valence-corrected chi connectivity index (χ0v) is 13.1. The standard InChI is InChI=1S/C15H20N4OS/c1-3-4-7-20-13-8-12(6-5-11(13)2)9-17-19-15-18-14(16)10-21-15/h5-6,8-10H,3-4,7,16H2,1-2H3,(H,18,19). The molecule has 112 valence electrons. The third-order valence-corrected chi connectivity index (χ3v) is 3.63. The van der Waals surface area contributed by atoms with Crippen LogP contribution in [0.1, 0.15) is 30.9 Å². The Labute approximate surface area is 128 Å². The molecule has 0 fully saturated rings. The van der Waals surface area contributed by atoms with Gasteiger partial charge in [0.05, 0.1) is 12.8 Å². The molecule has 1 heterocycles. The van der Waals surface area contributed by atoms with Gasteiger partial charge in [0, 0.05) is 5.38 Å². The number of nitrogens with one attached hydrogen (secondary N) is 1. The number of aromatic nitrogens is 1. The number of hydrogen-bond donors (Lipinski definition) is 2. The molecule has 6 heteroatoms. The fourth-order valence-electron chi connectivity index (χ4n) is 1.68. The summed E-state index contributed by atoms with van der Waals surface area (Å²) in [6.07, 6.45) is 3.93. The van der Waals surface area contributed by atoms with Gasteiger partial charge in [0.1, 0.15) is 11.6 Å². The predicted molar refractivity (Wildman–Crippen MR) is 89.3 cm³/mol. The molecule has 2 rings (SSSR count). The van der Waals surface area contributed by atoms with Crippen LogP contribution >= 0.6 is 11.3 Å². The van der Waals surface area contributed by atoms with Crippen molar-refractivity contribution < 1.29 is 4.74 Å². The van der Waals surface area contributed by atoms with Crippen molar-refractivity contribution >= 4 is 28.5 Å². The van der Waals surface area contributed by atoms with Gasteiger partial charge in [-0.05, 0) is 30.5 Å². The molecule has 0 saturated heterocycles. The van der Waals surface area contributed by atoms with E-state index in [0.717, 1.165) is 36.3 Å². The Morgan fingerprint density at radius 3 is 3.05 bits per heavy atom. The average Bonchev–Trinajstić information content (AvgIpc) is 2.88. The van der Waals surface area contributed by atoms with Crippen LogP contribution < -0.4 is 15.9 Å². The van der Waals surface area contributed by atoms with Gasteiger partial charge in [-0.3, -0.25) is 5.43 Å². The van der Waals surface area contributed by atoms with E-state index >= 15 is 0 Å². The summed E-state index contributed by atoms with van der Waals surface area (Å²) in [5.74, 6) is 1.41. The minimum atomic E-state index is 0.500. The number of aryl methyl sites for hydroxylation is 1. The topological polar surface area (TPSA) is 72.5 Å². The van der Waals surface area contributed by atoms with E-state index < -0.39 is 0 Å². The monoisotopic (exact) mass is 304 g/mol. The summed E-state index contributed by atoms with van der Waals surface area (Å²) in [5, 5.41) is 6.60. The number of benzene rings is 1. The summed E-state index contributed by atoms with van der Waals surface area (Å²) < 4.78 is 5.78. The average molecular weight is 304 g/mol. The fraction of sp³-hybridized carbons (Fsp3) is 0.333. The number of thiazole rings is 1. The highest BCUT2D eigenvalue weighted by molar-refractivity contribution is 7.14. The Hall–Kier alpha value is -2.08. The summed E-state index contributed by atoms with van der Waals surface area (Å²) in [5.41, 5.74) is 10.5. The van der Waals surface area contributed by atoms with E-state index in [4.69, 9.17) is 10.5 Å². The first kappa shape index (κ1) is 15.3. The first-order valence-electron chi connectivity index (χ1n) is 6.92. The van der Waals surface area contributed by atoms with Gasteiger partial charge in [-0.1, -0.05) is 25.5 Å². The molecule has 2 aromatic rings. The van der Waals surface area contributed by atoms with E-state index in [1.54, 1.807) is 11.6 Å². The van der Waals surface area contributed by atoms with Crippen molar-refractivity contribution in [3.05, 3.63) is 34.7 Å². The zero-order valence-electron chi connectivity index (χ0n) is 12.3. The molecule has 0 spiro atoms. The fourth-order valence-corrected chi connectivity index (χ4v) is 2.23. The lowest BCUT2D eigenvalue weighted by molar-refractivity contribution is 0.307. The second-order valence-electron chi connectivity index (χ2n) is 4.67. The molecule has 1 aromatic carbocycles. The quantitative estimate of drug-likeness (QED) is 0.465. The number of hydrazone groups is 1. The molecule has 0 saturated carbocycles. The SMILES string of the molecule is CCCCOc1cc(C=NNc2nc(N)cs2)ccc1C. The van der Waals surface area contributed by atoms with Crippen molar-refractivity contribution in [2.45, 2.75) is 26.7 Å².